The highest BCUT2D eigenvalue weighted by atomic mass is 32.2. The lowest BCUT2D eigenvalue weighted by Gasteiger charge is -2.08. The van der Waals surface area contributed by atoms with Crippen molar-refractivity contribution in [2.45, 2.75) is 25.2 Å². The van der Waals surface area contributed by atoms with E-state index in [-0.39, 0.29) is 0 Å². The number of benzene rings is 2. The molecule has 0 aliphatic rings. The second-order valence-electron chi connectivity index (χ2n) is 4.89. The Morgan fingerprint density at radius 2 is 1.95 bits per heavy atom. The Hall–Kier alpha value is -1.61. The summed E-state index contributed by atoms with van der Waals surface area (Å²) in [5.74, 6) is 1.91. The third kappa shape index (κ3) is 4.49. The third-order valence-corrected chi connectivity index (χ3v) is 4.26. The molecule has 2 nitrogen and oxygen atoms in total. The zero-order valence-electron chi connectivity index (χ0n) is 12.1. The Labute approximate surface area is 125 Å². The van der Waals surface area contributed by atoms with Gasteiger partial charge in [0.05, 0.1) is 6.61 Å². The normalized spacial score (nSPS) is 10.5. The second kappa shape index (κ2) is 7.25. The first kappa shape index (κ1) is 14.8. The van der Waals surface area contributed by atoms with Crippen LogP contribution < -0.4 is 10.5 Å². The smallest absolute Gasteiger partial charge is 0.121 e. The first-order valence-corrected chi connectivity index (χ1v) is 7.82. The fraction of sp³-hybridized carbons (Fsp3) is 0.294. The molecule has 0 bridgehead atoms. The Morgan fingerprint density at radius 3 is 2.75 bits per heavy atom. The monoisotopic (exact) mass is 287 g/mol. The van der Waals surface area contributed by atoms with E-state index in [9.17, 15) is 0 Å². The number of hydrogen-bond acceptors (Lipinski definition) is 3. The number of nitrogen functional groups attached to an aromatic ring is 1. The highest BCUT2D eigenvalue weighted by Gasteiger charge is 2.00. The molecule has 0 aliphatic heterocycles. The van der Waals surface area contributed by atoms with E-state index < -0.39 is 0 Å². The first-order valence-electron chi connectivity index (χ1n) is 6.83. The van der Waals surface area contributed by atoms with Crippen molar-refractivity contribution < 1.29 is 4.74 Å². The van der Waals surface area contributed by atoms with Crippen LogP contribution in [0.1, 0.15) is 17.5 Å². The minimum atomic E-state index is 0.724. The average molecular weight is 287 g/mol. The van der Waals surface area contributed by atoms with Crippen molar-refractivity contribution in [1.82, 2.24) is 0 Å². The quantitative estimate of drug-likeness (QED) is 0.484. The standard InChI is InChI=1S/C17H21NOS/c1-13-7-8-14(2)17(11-13)20-10-4-9-19-16-6-3-5-15(18)12-16/h3,5-8,11-12H,4,9-10,18H2,1-2H3. The minimum Gasteiger partial charge on any atom is -0.493 e. The summed E-state index contributed by atoms with van der Waals surface area (Å²) in [4.78, 5) is 1.37. The molecule has 20 heavy (non-hydrogen) atoms. The molecule has 3 heteroatoms. The molecule has 2 rings (SSSR count). The van der Waals surface area contributed by atoms with Gasteiger partial charge in [-0.25, -0.2) is 0 Å². The lowest BCUT2D eigenvalue weighted by atomic mass is 10.2. The lowest BCUT2D eigenvalue weighted by Crippen LogP contribution is -1.99. The summed E-state index contributed by atoms with van der Waals surface area (Å²) in [6.07, 6.45) is 1.02. The maximum absolute atomic E-state index is 5.71. The molecular weight excluding hydrogens is 266 g/mol. The van der Waals surface area contributed by atoms with Gasteiger partial charge in [0.2, 0.25) is 0 Å². The van der Waals surface area contributed by atoms with Gasteiger partial charge in [0.15, 0.2) is 0 Å². The minimum absolute atomic E-state index is 0.724. The molecule has 0 saturated heterocycles. The maximum atomic E-state index is 5.71. The zero-order chi connectivity index (χ0) is 14.4. The van der Waals surface area contributed by atoms with Gasteiger partial charge in [-0.05, 0) is 44.0 Å². The van der Waals surface area contributed by atoms with E-state index >= 15 is 0 Å². The molecule has 0 aliphatic carbocycles. The zero-order valence-corrected chi connectivity index (χ0v) is 12.9. The molecular formula is C17H21NOS. The van der Waals surface area contributed by atoms with Crippen LogP contribution in [0, 0.1) is 13.8 Å². The SMILES string of the molecule is Cc1ccc(C)c(SCCCOc2cccc(N)c2)c1. The van der Waals surface area contributed by atoms with Crippen LogP contribution >= 0.6 is 11.8 Å². The molecule has 0 heterocycles. The number of hydrogen-bond donors (Lipinski definition) is 1. The van der Waals surface area contributed by atoms with E-state index in [1.165, 1.54) is 16.0 Å². The van der Waals surface area contributed by atoms with Gasteiger partial charge < -0.3 is 10.5 Å². The van der Waals surface area contributed by atoms with E-state index in [2.05, 4.69) is 32.0 Å². The van der Waals surface area contributed by atoms with E-state index in [1.807, 2.05) is 36.0 Å². The van der Waals surface area contributed by atoms with Crippen LogP contribution in [0.5, 0.6) is 5.75 Å². The molecule has 0 atom stereocenters. The maximum Gasteiger partial charge on any atom is 0.121 e. The van der Waals surface area contributed by atoms with Crippen LogP contribution in [-0.4, -0.2) is 12.4 Å². The van der Waals surface area contributed by atoms with Crippen molar-refractivity contribution >= 4 is 17.4 Å². The van der Waals surface area contributed by atoms with Gasteiger partial charge in [-0.1, -0.05) is 23.8 Å². The topological polar surface area (TPSA) is 35.2 Å². The third-order valence-electron chi connectivity index (χ3n) is 3.02. The Balaban J connectivity index is 1.73. The lowest BCUT2D eigenvalue weighted by molar-refractivity contribution is 0.319. The number of nitrogens with two attached hydrogens (primary N) is 1. The summed E-state index contributed by atoms with van der Waals surface area (Å²) in [6, 6.07) is 14.2. The summed E-state index contributed by atoms with van der Waals surface area (Å²) in [5, 5.41) is 0. The predicted octanol–water partition coefficient (Wildman–Crippen LogP) is 4.45. The summed E-state index contributed by atoms with van der Waals surface area (Å²) in [6.45, 7) is 5.01. The predicted molar refractivity (Wildman–Crippen MR) is 87.6 cm³/mol. The molecule has 2 aromatic carbocycles. The molecule has 0 amide bonds. The van der Waals surface area contributed by atoms with Crippen LogP contribution in [-0.2, 0) is 0 Å². The summed E-state index contributed by atoms with van der Waals surface area (Å²) in [7, 11) is 0. The van der Waals surface area contributed by atoms with Crippen LogP contribution in [0.25, 0.3) is 0 Å². The number of rotatable bonds is 6. The van der Waals surface area contributed by atoms with Gasteiger partial charge in [-0.3, -0.25) is 0 Å². The Morgan fingerprint density at radius 1 is 1.10 bits per heavy atom. The van der Waals surface area contributed by atoms with E-state index in [0.717, 1.165) is 30.2 Å². The van der Waals surface area contributed by atoms with Crippen LogP contribution in [0.2, 0.25) is 0 Å². The van der Waals surface area contributed by atoms with E-state index in [4.69, 9.17) is 10.5 Å². The largest absolute Gasteiger partial charge is 0.493 e. The summed E-state index contributed by atoms with van der Waals surface area (Å²) >= 11 is 1.89. The Kier molecular flexibility index (Phi) is 5.36. The van der Waals surface area contributed by atoms with Crippen molar-refractivity contribution in [2.24, 2.45) is 0 Å². The summed E-state index contributed by atoms with van der Waals surface area (Å²) in [5.41, 5.74) is 9.11. The molecule has 2 aromatic rings. The fourth-order valence-corrected chi connectivity index (χ4v) is 2.95. The highest BCUT2D eigenvalue weighted by Crippen LogP contribution is 2.24. The van der Waals surface area contributed by atoms with Crippen LogP contribution in [0.15, 0.2) is 47.4 Å². The van der Waals surface area contributed by atoms with Gasteiger partial charge >= 0.3 is 0 Å². The molecule has 2 N–H and O–H groups in total. The Bertz CT molecular complexity index is 569. The van der Waals surface area contributed by atoms with Crippen molar-refractivity contribution in [3.05, 3.63) is 53.6 Å². The first-order chi connectivity index (χ1) is 9.65. The van der Waals surface area contributed by atoms with E-state index in [0.29, 0.717) is 0 Å². The van der Waals surface area contributed by atoms with Gasteiger partial charge in [0, 0.05) is 22.4 Å². The highest BCUT2D eigenvalue weighted by molar-refractivity contribution is 7.99. The molecule has 0 fully saturated rings. The fourth-order valence-electron chi connectivity index (χ4n) is 1.90. The van der Waals surface area contributed by atoms with Gasteiger partial charge in [0.25, 0.3) is 0 Å². The molecule has 0 radical (unpaired) electrons. The molecule has 0 unspecified atom stereocenters. The molecule has 0 aromatic heterocycles. The van der Waals surface area contributed by atoms with Crippen molar-refractivity contribution in [2.75, 3.05) is 18.1 Å². The van der Waals surface area contributed by atoms with Crippen molar-refractivity contribution in [1.29, 1.82) is 0 Å². The van der Waals surface area contributed by atoms with Crippen molar-refractivity contribution in [3.63, 3.8) is 0 Å². The number of ether oxygens (including phenoxy) is 1. The van der Waals surface area contributed by atoms with Gasteiger partial charge in [-0.2, -0.15) is 0 Å². The van der Waals surface area contributed by atoms with Crippen LogP contribution in [0.3, 0.4) is 0 Å². The number of aryl methyl sites for hydroxylation is 2. The molecule has 106 valence electrons. The second-order valence-corrected chi connectivity index (χ2v) is 6.03. The average Bonchev–Trinajstić information content (AvgIpc) is 2.42. The summed E-state index contributed by atoms with van der Waals surface area (Å²) < 4.78 is 5.69. The number of anilines is 1. The van der Waals surface area contributed by atoms with Crippen LogP contribution in [0.4, 0.5) is 5.69 Å². The van der Waals surface area contributed by atoms with Gasteiger partial charge in [-0.15, -0.1) is 11.8 Å². The molecule has 0 saturated carbocycles. The molecule has 0 spiro atoms. The van der Waals surface area contributed by atoms with Crippen molar-refractivity contribution in [3.8, 4) is 5.75 Å². The van der Waals surface area contributed by atoms with Gasteiger partial charge in [0.1, 0.15) is 5.75 Å². The number of thioether (sulfide) groups is 1. The van der Waals surface area contributed by atoms with E-state index in [1.54, 1.807) is 0 Å².